The summed E-state index contributed by atoms with van der Waals surface area (Å²) in [6.45, 7) is 8.54. The van der Waals surface area contributed by atoms with Gasteiger partial charge in [0.15, 0.2) is 0 Å². The molecule has 0 saturated heterocycles. The van der Waals surface area contributed by atoms with Crippen molar-refractivity contribution in [3.05, 3.63) is 0 Å². The van der Waals surface area contributed by atoms with Crippen LogP contribution in [-0.4, -0.2) is 12.1 Å². The van der Waals surface area contributed by atoms with Gasteiger partial charge in [0.1, 0.15) is 6.10 Å². The number of ether oxygens (including phenoxy) is 1. The largest absolute Gasteiger partial charge is 0.463 e. The SMILES string of the molecule is CCCCCCCCCCC(C)CCCCCCCCCCCC[C@@H](CCCCC)OC(C)=O. The van der Waals surface area contributed by atoms with Gasteiger partial charge in [0.05, 0.1) is 0 Å². The molecule has 0 bridgehead atoms. The van der Waals surface area contributed by atoms with Crippen LogP contribution in [0.5, 0.6) is 0 Å². The highest BCUT2D eigenvalue weighted by Crippen LogP contribution is 2.20. The highest BCUT2D eigenvalue weighted by Gasteiger charge is 2.11. The highest BCUT2D eigenvalue weighted by molar-refractivity contribution is 5.66. The molecule has 0 radical (unpaired) electrons. The molecule has 0 aliphatic rings. The molecular formula is C32H64O2. The molecule has 0 rings (SSSR count). The Morgan fingerprint density at radius 2 is 0.794 bits per heavy atom. The molecule has 0 aliphatic carbocycles. The molecule has 0 aliphatic heterocycles. The lowest BCUT2D eigenvalue weighted by atomic mass is 9.95. The van der Waals surface area contributed by atoms with Gasteiger partial charge in [-0.2, -0.15) is 0 Å². The number of hydrogen-bond acceptors (Lipinski definition) is 2. The van der Waals surface area contributed by atoms with Crippen molar-refractivity contribution < 1.29 is 9.53 Å². The summed E-state index contributed by atoms with van der Waals surface area (Å²) in [6.07, 6.45) is 34.2. The summed E-state index contributed by atoms with van der Waals surface area (Å²) < 4.78 is 5.51. The Morgan fingerprint density at radius 3 is 1.18 bits per heavy atom. The molecule has 0 aromatic heterocycles. The number of esters is 1. The monoisotopic (exact) mass is 480 g/mol. The minimum Gasteiger partial charge on any atom is -0.463 e. The lowest BCUT2D eigenvalue weighted by Crippen LogP contribution is -2.16. The van der Waals surface area contributed by atoms with E-state index >= 15 is 0 Å². The Hall–Kier alpha value is -0.530. The molecule has 204 valence electrons. The zero-order valence-electron chi connectivity index (χ0n) is 24.1. The second kappa shape index (κ2) is 27.1. The van der Waals surface area contributed by atoms with E-state index in [1.807, 2.05) is 0 Å². The molecule has 0 fully saturated rings. The van der Waals surface area contributed by atoms with Crippen LogP contribution in [0.4, 0.5) is 0 Å². The first-order chi connectivity index (χ1) is 16.6. The van der Waals surface area contributed by atoms with Crippen LogP contribution >= 0.6 is 0 Å². The first kappa shape index (κ1) is 33.5. The minimum absolute atomic E-state index is 0.112. The standard InChI is InChI=1S/C32H64O2/c1-5-7-9-10-11-16-19-23-26-30(3)27-24-20-17-14-12-13-15-18-21-25-29-32(34-31(4)33)28-22-8-6-2/h30,32H,5-29H2,1-4H3/t30?,32-/m1/s1. The summed E-state index contributed by atoms with van der Waals surface area (Å²) in [7, 11) is 0. The van der Waals surface area contributed by atoms with E-state index in [9.17, 15) is 4.79 Å². The average Bonchev–Trinajstić information content (AvgIpc) is 2.81. The third-order valence-electron chi connectivity index (χ3n) is 7.49. The van der Waals surface area contributed by atoms with Gasteiger partial charge >= 0.3 is 5.97 Å². The van der Waals surface area contributed by atoms with E-state index in [-0.39, 0.29) is 12.1 Å². The molecule has 0 aromatic carbocycles. The second-order valence-corrected chi connectivity index (χ2v) is 11.2. The minimum atomic E-state index is -0.112. The molecule has 0 aromatic rings. The number of carbonyl (C=O) groups excluding carboxylic acids is 1. The summed E-state index contributed by atoms with van der Waals surface area (Å²) >= 11 is 0. The number of hydrogen-bond donors (Lipinski definition) is 0. The molecule has 2 atom stereocenters. The molecule has 0 spiro atoms. The zero-order chi connectivity index (χ0) is 25.1. The van der Waals surface area contributed by atoms with Crippen LogP contribution in [0.3, 0.4) is 0 Å². The van der Waals surface area contributed by atoms with Gasteiger partial charge in [0.2, 0.25) is 0 Å². The summed E-state index contributed by atoms with van der Waals surface area (Å²) in [4.78, 5) is 11.3. The van der Waals surface area contributed by atoms with Crippen molar-refractivity contribution in [3.8, 4) is 0 Å². The van der Waals surface area contributed by atoms with E-state index in [4.69, 9.17) is 4.74 Å². The first-order valence-electron chi connectivity index (χ1n) is 15.8. The molecule has 2 nitrogen and oxygen atoms in total. The topological polar surface area (TPSA) is 26.3 Å². The van der Waals surface area contributed by atoms with Gasteiger partial charge in [-0.3, -0.25) is 4.79 Å². The van der Waals surface area contributed by atoms with Crippen LogP contribution in [-0.2, 0) is 9.53 Å². The van der Waals surface area contributed by atoms with E-state index in [1.54, 1.807) is 6.92 Å². The van der Waals surface area contributed by atoms with Crippen LogP contribution < -0.4 is 0 Å². The summed E-state index contributed by atoms with van der Waals surface area (Å²) in [6, 6.07) is 0. The Morgan fingerprint density at radius 1 is 0.500 bits per heavy atom. The second-order valence-electron chi connectivity index (χ2n) is 11.2. The molecule has 0 saturated carbocycles. The van der Waals surface area contributed by atoms with Crippen molar-refractivity contribution in [2.24, 2.45) is 5.92 Å². The maximum Gasteiger partial charge on any atom is 0.302 e. The van der Waals surface area contributed by atoms with Gasteiger partial charge in [-0.1, -0.05) is 156 Å². The molecule has 34 heavy (non-hydrogen) atoms. The first-order valence-corrected chi connectivity index (χ1v) is 15.8. The third kappa shape index (κ3) is 26.1. The Labute approximate surface area is 215 Å². The summed E-state index contributed by atoms with van der Waals surface area (Å²) in [5.41, 5.74) is 0. The predicted octanol–water partition coefficient (Wildman–Crippen LogP) is 11.3. The van der Waals surface area contributed by atoms with E-state index < -0.39 is 0 Å². The van der Waals surface area contributed by atoms with Gasteiger partial charge in [0, 0.05) is 6.92 Å². The fourth-order valence-corrected chi connectivity index (χ4v) is 5.17. The Balaban J connectivity index is 3.38. The van der Waals surface area contributed by atoms with Crippen molar-refractivity contribution in [1.82, 2.24) is 0 Å². The number of carbonyl (C=O) groups is 1. The molecule has 1 unspecified atom stereocenters. The van der Waals surface area contributed by atoms with Gasteiger partial charge < -0.3 is 4.74 Å². The molecule has 0 heterocycles. The number of unbranched alkanes of at least 4 members (excludes halogenated alkanes) is 18. The lowest BCUT2D eigenvalue weighted by Gasteiger charge is -2.16. The molecule has 2 heteroatoms. The van der Waals surface area contributed by atoms with Gasteiger partial charge in [-0.15, -0.1) is 0 Å². The van der Waals surface area contributed by atoms with Crippen molar-refractivity contribution >= 4 is 5.97 Å². The smallest absolute Gasteiger partial charge is 0.302 e. The maximum absolute atomic E-state index is 11.3. The van der Waals surface area contributed by atoms with Crippen molar-refractivity contribution in [1.29, 1.82) is 0 Å². The average molecular weight is 481 g/mol. The van der Waals surface area contributed by atoms with E-state index in [0.29, 0.717) is 0 Å². The number of rotatable bonds is 27. The molecule has 0 N–H and O–H groups in total. The van der Waals surface area contributed by atoms with Crippen LogP contribution in [0.15, 0.2) is 0 Å². The van der Waals surface area contributed by atoms with Gasteiger partial charge in [0.25, 0.3) is 0 Å². The van der Waals surface area contributed by atoms with E-state index in [0.717, 1.165) is 18.8 Å². The van der Waals surface area contributed by atoms with Gasteiger partial charge in [-0.25, -0.2) is 0 Å². The van der Waals surface area contributed by atoms with Crippen LogP contribution in [0.2, 0.25) is 0 Å². The van der Waals surface area contributed by atoms with E-state index in [1.165, 1.54) is 148 Å². The van der Waals surface area contributed by atoms with Crippen LogP contribution in [0.25, 0.3) is 0 Å². The predicted molar refractivity (Wildman–Crippen MR) is 151 cm³/mol. The fraction of sp³-hybridized carbons (Fsp3) is 0.969. The Kier molecular flexibility index (Phi) is 26.6. The third-order valence-corrected chi connectivity index (χ3v) is 7.49. The van der Waals surface area contributed by atoms with Gasteiger partial charge in [-0.05, 0) is 31.6 Å². The lowest BCUT2D eigenvalue weighted by molar-refractivity contribution is -0.147. The summed E-state index contributed by atoms with van der Waals surface area (Å²) in [5, 5.41) is 0. The van der Waals surface area contributed by atoms with Crippen molar-refractivity contribution in [3.63, 3.8) is 0 Å². The van der Waals surface area contributed by atoms with E-state index in [2.05, 4.69) is 20.8 Å². The van der Waals surface area contributed by atoms with Crippen molar-refractivity contribution in [2.75, 3.05) is 0 Å². The van der Waals surface area contributed by atoms with Crippen molar-refractivity contribution in [2.45, 2.75) is 194 Å². The Bertz CT molecular complexity index is 406. The zero-order valence-corrected chi connectivity index (χ0v) is 24.1. The summed E-state index contributed by atoms with van der Waals surface area (Å²) in [5.74, 6) is 0.826. The normalized spacial score (nSPS) is 13.2. The maximum atomic E-state index is 11.3. The molecule has 0 amide bonds. The van der Waals surface area contributed by atoms with Crippen LogP contribution in [0.1, 0.15) is 188 Å². The quantitative estimate of drug-likeness (QED) is 0.0862. The van der Waals surface area contributed by atoms with Crippen LogP contribution in [0, 0.1) is 5.92 Å². The molecular weight excluding hydrogens is 416 g/mol. The fourth-order valence-electron chi connectivity index (χ4n) is 5.17. The highest BCUT2D eigenvalue weighted by atomic mass is 16.5.